The molecule has 2 aromatic carbocycles. The number of nitrogens with one attached hydrogen (secondary N) is 2. The van der Waals surface area contributed by atoms with Gasteiger partial charge in [0, 0.05) is 29.8 Å². The predicted molar refractivity (Wildman–Crippen MR) is 108 cm³/mol. The number of pyridine rings is 1. The third-order valence-electron chi connectivity index (χ3n) is 4.82. The normalized spacial score (nSPS) is 11.3. The topological polar surface area (TPSA) is 87.3 Å². The maximum atomic E-state index is 12.7. The number of benzene rings is 2. The summed E-state index contributed by atoms with van der Waals surface area (Å²) in [6.07, 6.45) is 3.81. The molecule has 0 fully saturated rings. The predicted octanol–water partition coefficient (Wildman–Crippen LogP) is 4.24. The Bertz CT molecular complexity index is 1320. The number of aromatic nitrogens is 5. The van der Waals surface area contributed by atoms with Crippen LogP contribution in [0.4, 0.5) is 0 Å². The van der Waals surface area contributed by atoms with E-state index in [1.807, 2.05) is 55.5 Å². The summed E-state index contributed by atoms with van der Waals surface area (Å²) in [7, 11) is 0. The fraction of sp³-hybridized carbons (Fsp3) is 0.0909. The Kier molecular flexibility index (Phi) is 3.76. The van der Waals surface area contributed by atoms with E-state index >= 15 is 0 Å². The van der Waals surface area contributed by atoms with Gasteiger partial charge in [0.2, 0.25) is 5.78 Å². The van der Waals surface area contributed by atoms with Crippen LogP contribution in [0, 0.1) is 6.92 Å². The Morgan fingerprint density at radius 3 is 2.54 bits per heavy atom. The van der Waals surface area contributed by atoms with Crippen LogP contribution < -0.4 is 0 Å². The maximum Gasteiger partial charge on any atom is 0.204 e. The molecule has 0 aliphatic rings. The lowest BCUT2D eigenvalue weighted by atomic mass is 10.1. The van der Waals surface area contributed by atoms with E-state index in [0.29, 0.717) is 17.5 Å². The highest BCUT2D eigenvalue weighted by Crippen LogP contribution is 2.29. The Hall–Kier alpha value is -3.80. The standard InChI is InChI=1S/C22H17N5O/c1-13-3-2-4-14(9-13)10-20(28)22-24-18-11-16-17(12-19(18)25-22)26-27-21(16)15-5-7-23-8-6-15/h2-9,11-12,26-27H,10H2,1H3. The molecule has 2 N–H and O–H groups in total. The van der Waals surface area contributed by atoms with Gasteiger partial charge in [-0.2, -0.15) is 0 Å². The van der Waals surface area contributed by atoms with Gasteiger partial charge in [-0.3, -0.25) is 14.9 Å². The molecule has 5 aromatic rings. The molecule has 0 spiro atoms. The van der Waals surface area contributed by atoms with Gasteiger partial charge in [0.1, 0.15) is 0 Å². The van der Waals surface area contributed by atoms with Crippen LogP contribution in [0.15, 0.2) is 60.9 Å². The largest absolute Gasteiger partial charge is 0.300 e. The molecule has 0 saturated carbocycles. The molecule has 6 nitrogen and oxygen atoms in total. The first-order valence-electron chi connectivity index (χ1n) is 9.04. The Morgan fingerprint density at radius 1 is 0.964 bits per heavy atom. The Balaban J connectivity index is 1.53. The molecule has 0 radical (unpaired) electrons. The van der Waals surface area contributed by atoms with Crippen LogP contribution >= 0.6 is 0 Å². The van der Waals surface area contributed by atoms with E-state index < -0.39 is 0 Å². The number of carbonyl (C=O) groups excluding carboxylic acids is 1. The second kappa shape index (κ2) is 6.42. The summed E-state index contributed by atoms with van der Waals surface area (Å²) in [6.45, 7) is 2.01. The number of ketones is 1. The highest BCUT2D eigenvalue weighted by molar-refractivity contribution is 6.03. The first-order chi connectivity index (χ1) is 13.7. The number of H-pyrrole nitrogens is 2. The molecule has 6 heteroatoms. The van der Waals surface area contributed by atoms with Gasteiger partial charge in [-0.1, -0.05) is 29.8 Å². The van der Waals surface area contributed by atoms with E-state index in [4.69, 9.17) is 0 Å². The summed E-state index contributed by atoms with van der Waals surface area (Å²) in [5.41, 5.74) is 6.41. The minimum absolute atomic E-state index is 0.0774. The summed E-state index contributed by atoms with van der Waals surface area (Å²) < 4.78 is 0. The van der Waals surface area contributed by atoms with Gasteiger partial charge in [0.15, 0.2) is 5.82 Å². The van der Waals surface area contributed by atoms with Crippen LogP contribution in [0.25, 0.3) is 33.2 Å². The number of nitrogens with zero attached hydrogens (tertiary/aromatic N) is 3. The molecule has 3 heterocycles. The van der Waals surface area contributed by atoms with Crippen molar-refractivity contribution in [3.8, 4) is 11.3 Å². The molecule has 0 aliphatic carbocycles. The number of aromatic amines is 2. The molecule has 0 bridgehead atoms. The van der Waals surface area contributed by atoms with Crippen molar-refractivity contribution in [1.29, 1.82) is 0 Å². The number of Topliss-reactive ketones (excluding diaryl/α,β-unsaturated/α-hetero) is 1. The van der Waals surface area contributed by atoms with E-state index in [0.717, 1.165) is 33.3 Å². The molecule has 0 aliphatic heterocycles. The van der Waals surface area contributed by atoms with Gasteiger partial charge < -0.3 is 5.10 Å². The summed E-state index contributed by atoms with van der Waals surface area (Å²) in [5.74, 6) is 0.185. The number of carbonyl (C=O) groups is 1. The molecule has 3 aromatic heterocycles. The van der Waals surface area contributed by atoms with Crippen molar-refractivity contribution < 1.29 is 4.79 Å². The molecule has 0 saturated heterocycles. The molecule has 0 amide bonds. The Morgan fingerprint density at radius 2 is 1.75 bits per heavy atom. The molecular weight excluding hydrogens is 350 g/mol. The number of hydrogen-bond donors (Lipinski definition) is 2. The van der Waals surface area contributed by atoms with Gasteiger partial charge in [-0.15, -0.1) is 0 Å². The lowest BCUT2D eigenvalue weighted by Gasteiger charge is -1.99. The zero-order valence-corrected chi connectivity index (χ0v) is 15.2. The monoisotopic (exact) mass is 367 g/mol. The first kappa shape index (κ1) is 16.4. The van der Waals surface area contributed by atoms with E-state index in [2.05, 4.69) is 25.1 Å². The number of fused-ring (bicyclic) bond motifs is 2. The molecule has 28 heavy (non-hydrogen) atoms. The Labute approximate surface area is 160 Å². The third-order valence-corrected chi connectivity index (χ3v) is 4.82. The highest BCUT2D eigenvalue weighted by Gasteiger charge is 2.16. The quantitative estimate of drug-likeness (QED) is 0.465. The number of rotatable bonds is 4. The molecule has 0 atom stereocenters. The van der Waals surface area contributed by atoms with Crippen LogP contribution in [0.1, 0.15) is 21.7 Å². The van der Waals surface area contributed by atoms with Crippen molar-refractivity contribution in [2.24, 2.45) is 0 Å². The smallest absolute Gasteiger partial charge is 0.204 e. The van der Waals surface area contributed by atoms with Crippen molar-refractivity contribution in [2.45, 2.75) is 13.3 Å². The van der Waals surface area contributed by atoms with E-state index in [-0.39, 0.29) is 11.6 Å². The molecular formula is C22H17N5O. The van der Waals surface area contributed by atoms with Gasteiger partial charge in [-0.05, 0) is 36.8 Å². The fourth-order valence-corrected chi connectivity index (χ4v) is 3.47. The van der Waals surface area contributed by atoms with Crippen molar-refractivity contribution in [1.82, 2.24) is 25.1 Å². The zero-order chi connectivity index (χ0) is 19.1. The summed E-state index contributed by atoms with van der Waals surface area (Å²) in [4.78, 5) is 25.7. The number of aryl methyl sites for hydroxylation is 1. The van der Waals surface area contributed by atoms with Gasteiger partial charge in [0.05, 0.1) is 22.2 Å². The summed E-state index contributed by atoms with van der Waals surface area (Å²) in [6, 6.07) is 15.7. The van der Waals surface area contributed by atoms with Gasteiger partial charge >= 0.3 is 0 Å². The summed E-state index contributed by atoms with van der Waals surface area (Å²) in [5, 5.41) is 7.36. The third kappa shape index (κ3) is 2.85. The molecule has 5 rings (SSSR count). The zero-order valence-electron chi connectivity index (χ0n) is 15.2. The van der Waals surface area contributed by atoms with E-state index in [9.17, 15) is 4.79 Å². The number of imidazole rings is 1. The van der Waals surface area contributed by atoms with Crippen LogP contribution in [0.3, 0.4) is 0 Å². The van der Waals surface area contributed by atoms with Crippen molar-refractivity contribution in [2.75, 3.05) is 0 Å². The average Bonchev–Trinajstić information content (AvgIpc) is 3.30. The second-order valence-corrected chi connectivity index (χ2v) is 6.88. The SMILES string of the molecule is Cc1cccc(CC(=O)c2nc3cc4[nH][nH]c(-c5ccncc5)c4cc3n2)c1. The van der Waals surface area contributed by atoms with Crippen molar-refractivity contribution >= 4 is 27.7 Å². The average molecular weight is 367 g/mol. The lowest BCUT2D eigenvalue weighted by Crippen LogP contribution is -2.05. The summed E-state index contributed by atoms with van der Waals surface area (Å²) >= 11 is 0. The van der Waals surface area contributed by atoms with Crippen molar-refractivity contribution in [3.63, 3.8) is 0 Å². The lowest BCUT2D eigenvalue weighted by molar-refractivity contribution is 0.0984. The first-order valence-corrected chi connectivity index (χ1v) is 9.04. The molecule has 0 unspecified atom stereocenters. The molecule has 136 valence electrons. The van der Waals surface area contributed by atoms with Crippen LogP contribution in [-0.4, -0.2) is 30.9 Å². The van der Waals surface area contributed by atoms with E-state index in [1.54, 1.807) is 12.4 Å². The minimum Gasteiger partial charge on any atom is -0.300 e. The number of hydrogen-bond acceptors (Lipinski definition) is 4. The second-order valence-electron chi connectivity index (χ2n) is 6.88. The minimum atomic E-state index is -0.0774. The van der Waals surface area contributed by atoms with Crippen LogP contribution in [-0.2, 0) is 6.42 Å². The van der Waals surface area contributed by atoms with E-state index in [1.165, 1.54) is 0 Å². The van der Waals surface area contributed by atoms with Crippen LogP contribution in [0.5, 0.6) is 0 Å². The van der Waals surface area contributed by atoms with Crippen molar-refractivity contribution in [3.05, 3.63) is 77.9 Å². The van der Waals surface area contributed by atoms with Crippen LogP contribution in [0.2, 0.25) is 0 Å². The van der Waals surface area contributed by atoms with Gasteiger partial charge in [-0.25, -0.2) is 9.97 Å². The highest BCUT2D eigenvalue weighted by atomic mass is 16.1. The fourth-order valence-electron chi connectivity index (χ4n) is 3.47. The maximum absolute atomic E-state index is 12.7. The van der Waals surface area contributed by atoms with Gasteiger partial charge in [0.25, 0.3) is 0 Å².